The van der Waals surface area contributed by atoms with Crippen molar-refractivity contribution in [3.63, 3.8) is 0 Å². The summed E-state index contributed by atoms with van der Waals surface area (Å²) in [6, 6.07) is 4.16. The molecule has 3 rings (SSSR count). The Bertz CT molecular complexity index is 469. The minimum Gasteiger partial charge on any atom is -0.312 e. The molecule has 16 heavy (non-hydrogen) atoms. The van der Waals surface area contributed by atoms with Gasteiger partial charge in [-0.2, -0.15) is 0 Å². The zero-order chi connectivity index (χ0) is 11.3. The highest BCUT2D eigenvalue weighted by atomic mass is 79.9. The first-order valence-electron chi connectivity index (χ1n) is 5.78. The molecule has 3 heteroatoms. The van der Waals surface area contributed by atoms with E-state index in [2.05, 4.69) is 28.1 Å². The van der Waals surface area contributed by atoms with Crippen LogP contribution in [0.2, 0.25) is 0 Å². The second-order valence-corrected chi connectivity index (χ2v) is 5.53. The molecule has 0 saturated carbocycles. The Morgan fingerprint density at radius 1 is 1.50 bits per heavy atom. The number of carbonyl (C=O) groups excluding carboxylic acids is 1. The van der Waals surface area contributed by atoms with E-state index in [1.54, 1.807) is 6.92 Å². The fraction of sp³-hybridized carbons (Fsp3) is 0.462. The van der Waals surface area contributed by atoms with E-state index < -0.39 is 0 Å². The summed E-state index contributed by atoms with van der Waals surface area (Å²) >= 11 is 3.62. The molecular weight excluding hydrogens is 266 g/mol. The van der Waals surface area contributed by atoms with Gasteiger partial charge in [-0.15, -0.1) is 0 Å². The van der Waals surface area contributed by atoms with Crippen molar-refractivity contribution in [2.75, 3.05) is 11.4 Å². The molecule has 0 fully saturated rings. The van der Waals surface area contributed by atoms with Gasteiger partial charge in [0.1, 0.15) is 0 Å². The summed E-state index contributed by atoms with van der Waals surface area (Å²) in [6.07, 6.45) is 3.61. The van der Waals surface area contributed by atoms with Crippen LogP contribution in [-0.2, 0) is 11.2 Å². The van der Waals surface area contributed by atoms with E-state index in [1.165, 1.54) is 28.4 Å². The lowest BCUT2D eigenvalue weighted by molar-refractivity contribution is -0.116. The molecule has 1 amide bonds. The Morgan fingerprint density at radius 2 is 2.31 bits per heavy atom. The van der Waals surface area contributed by atoms with Crippen LogP contribution in [0.5, 0.6) is 0 Å². The lowest BCUT2D eigenvalue weighted by atomic mass is 9.84. The second-order valence-electron chi connectivity index (χ2n) is 4.68. The zero-order valence-electron chi connectivity index (χ0n) is 9.29. The van der Waals surface area contributed by atoms with Gasteiger partial charge in [0.15, 0.2) is 0 Å². The van der Waals surface area contributed by atoms with Gasteiger partial charge in [-0.25, -0.2) is 0 Å². The van der Waals surface area contributed by atoms with Crippen molar-refractivity contribution in [3.8, 4) is 0 Å². The number of halogens is 1. The number of amides is 1. The molecule has 1 aromatic rings. The van der Waals surface area contributed by atoms with Gasteiger partial charge in [-0.05, 0) is 42.5 Å². The van der Waals surface area contributed by atoms with Crippen LogP contribution in [0.25, 0.3) is 0 Å². The summed E-state index contributed by atoms with van der Waals surface area (Å²) < 4.78 is 1.21. The summed E-state index contributed by atoms with van der Waals surface area (Å²) in [5.41, 5.74) is 4.00. The topological polar surface area (TPSA) is 20.3 Å². The molecule has 1 unspecified atom stereocenters. The molecule has 0 aromatic heterocycles. The average Bonchev–Trinajstić information content (AvgIpc) is 2.64. The minimum absolute atomic E-state index is 0.166. The lowest BCUT2D eigenvalue weighted by Gasteiger charge is -2.21. The summed E-state index contributed by atoms with van der Waals surface area (Å²) in [7, 11) is 0. The van der Waals surface area contributed by atoms with Crippen LogP contribution >= 0.6 is 15.9 Å². The van der Waals surface area contributed by atoms with Gasteiger partial charge in [0.05, 0.1) is 0 Å². The number of rotatable bonds is 0. The Balaban J connectivity index is 2.19. The molecule has 84 valence electrons. The molecule has 1 aliphatic carbocycles. The van der Waals surface area contributed by atoms with Gasteiger partial charge in [0, 0.05) is 29.5 Å². The highest BCUT2D eigenvalue weighted by molar-refractivity contribution is 9.10. The first-order chi connectivity index (χ1) is 7.68. The molecule has 2 aliphatic rings. The van der Waals surface area contributed by atoms with Crippen molar-refractivity contribution < 1.29 is 4.79 Å². The number of nitrogens with zero attached hydrogens (tertiary/aromatic N) is 1. The third kappa shape index (κ3) is 1.34. The molecule has 0 bridgehead atoms. The van der Waals surface area contributed by atoms with Crippen LogP contribution in [-0.4, -0.2) is 12.5 Å². The van der Waals surface area contributed by atoms with E-state index in [9.17, 15) is 4.79 Å². The predicted octanol–water partition coefficient (Wildman–Crippen LogP) is 3.24. The number of carbonyl (C=O) groups is 1. The number of benzene rings is 1. The third-order valence-electron chi connectivity index (χ3n) is 3.74. The largest absolute Gasteiger partial charge is 0.312 e. The van der Waals surface area contributed by atoms with E-state index in [4.69, 9.17) is 0 Å². The van der Waals surface area contributed by atoms with Crippen LogP contribution < -0.4 is 4.90 Å². The maximum atomic E-state index is 11.6. The van der Waals surface area contributed by atoms with E-state index in [-0.39, 0.29) is 5.91 Å². The summed E-state index contributed by atoms with van der Waals surface area (Å²) in [6.45, 7) is 2.54. The smallest absolute Gasteiger partial charge is 0.223 e. The summed E-state index contributed by atoms with van der Waals surface area (Å²) in [5, 5.41) is 0. The van der Waals surface area contributed by atoms with E-state index >= 15 is 0 Å². The number of hydrogen-bond donors (Lipinski definition) is 0. The Kier molecular flexibility index (Phi) is 2.32. The molecule has 2 nitrogen and oxygen atoms in total. The minimum atomic E-state index is 0.166. The van der Waals surface area contributed by atoms with Crippen LogP contribution in [0.1, 0.15) is 36.8 Å². The van der Waals surface area contributed by atoms with Crippen molar-refractivity contribution in [1.82, 2.24) is 0 Å². The Labute approximate surface area is 104 Å². The lowest BCUT2D eigenvalue weighted by Crippen LogP contribution is -2.26. The van der Waals surface area contributed by atoms with E-state index in [0.717, 1.165) is 18.7 Å². The molecule has 1 aliphatic heterocycles. The second kappa shape index (κ2) is 3.59. The number of hydrogen-bond acceptors (Lipinski definition) is 1. The van der Waals surface area contributed by atoms with Crippen LogP contribution in [0.3, 0.4) is 0 Å². The SMILES string of the molecule is CC(=O)N1CC2CCCc3c(Br)ccc1c32. The van der Waals surface area contributed by atoms with Crippen molar-refractivity contribution >= 4 is 27.5 Å². The maximum Gasteiger partial charge on any atom is 0.223 e. The molecule has 1 atom stereocenters. The highest BCUT2D eigenvalue weighted by Crippen LogP contribution is 2.46. The first kappa shape index (κ1) is 10.3. The molecule has 1 heterocycles. The quantitative estimate of drug-likeness (QED) is 0.714. The standard InChI is InChI=1S/C13H14BrNO/c1-8(16)15-7-9-3-2-4-10-11(14)5-6-12(15)13(9)10/h5-6,9H,2-4,7H2,1H3. The fourth-order valence-corrected chi connectivity index (χ4v) is 3.58. The molecule has 0 radical (unpaired) electrons. The van der Waals surface area contributed by atoms with E-state index in [0.29, 0.717) is 5.92 Å². The Hall–Kier alpha value is -0.830. The summed E-state index contributed by atoms with van der Waals surface area (Å²) in [4.78, 5) is 13.5. The van der Waals surface area contributed by atoms with Crippen molar-refractivity contribution in [3.05, 3.63) is 27.7 Å². The monoisotopic (exact) mass is 279 g/mol. The average molecular weight is 280 g/mol. The van der Waals surface area contributed by atoms with Crippen LogP contribution in [0.15, 0.2) is 16.6 Å². The predicted molar refractivity (Wildman–Crippen MR) is 67.8 cm³/mol. The molecule has 1 aromatic carbocycles. The van der Waals surface area contributed by atoms with Gasteiger partial charge in [0.2, 0.25) is 5.91 Å². The van der Waals surface area contributed by atoms with Gasteiger partial charge in [-0.3, -0.25) is 4.79 Å². The Morgan fingerprint density at radius 3 is 3.06 bits per heavy atom. The highest BCUT2D eigenvalue weighted by Gasteiger charge is 2.35. The first-order valence-corrected chi connectivity index (χ1v) is 6.57. The van der Waals surface area contributed by atoms with Gasteiger partial charge in [0.25, 0.3) is 0 Å². The zero-order valence-corrected chi connectivity index (χ0v) is 10.9. The van der Waals surface area contributed by atoms with Crippen LogP contribution in [0, 0.1) is 0 Å². The molecule has 0 saturated heterocycles. The van der Waals surface area contributed by atoms with E-state index in [1.807, 2.05) is 4.90 Å². The number of anilines is 1. The normalized spacial score (nSPS) is 22.1. The van der Waals surface area contributed by atoms with Gasteiger partial charge >= 0.3 is 0 Å². The van der Waals surface area contributed by atoms with Crippen LogP contribution in [0.4, 0.5) is 5.69 Å². The van der Waals surface area contributed by atoms with Crippen molar-refractivity contribution in [1.29, 1.82) is 0 Å². The molecule has 0 N–H and O–H groups in total. The van der Waals surface area contributed by atoms with Crippen molar-refractivity contribution in [2.45, 2.75) is 32.1 Å². The third-order valence-corrected chi connectivity index (χ3v) is 4.48. The molecular formula is C13H14BrNO. The van der Waals surface area contributed by atoms with Gasteiger partial charge in [-0.1, -0.05) is 15.9 Å². The maximum absolute atomic E-state index is 11.6. The fourth-order valence-electron chi connectivity index (χ4n) is 3.04. The van der Waals surface area contributed by atoms with Crippen molar-refractivity contribution in [2.24, 2.45) is 0 Å². The molecule has 0 spiro atoms. The summed E-state index contributed by atoms with van der Waals surface area (Å²) in [5.74, 6) is 0.735. The van der Waals surface area contributed by atoms with Gasteiger partial charge < -0.3 is 4.90 Å².